The summed E-state index contributed by atoms with van der Waals surface area (Å²) in [5.41, 5.74) is 6.49. The summed E-state index contributed by atoms with van der Waals surface area (Å²) in [7, 11) is 0. The lowest BCUT2D eigenvalue weighted by Crippen LogP contribution is -2.09. The summed E-state index contributed by atoms with van der Waals surface area (Å²) in [4.78, 5) is 0. The second-order valence-corrected chi connectivity index (χ2v) is 2.07. The SMILES string of the molecule is Cc1cnn(CCN)c1.Cl. The summed E-state index contributed by atoms with van der Waals surface area (Å²) in [5.74, 6) is 0. The van der Waals surface area contributed by atoms with Gasteiger partial charge in [-0.25, -0.2) is 0 Å². The van der Waals surface area contributed by atoms with E-state index in [1.807, 2.05) is 24.0 Å². The maximum Gasteiger partial charge on any atom is 0.0531 e. The first-order valence-electron chi connectivity index (χ1n) is 3.02. The van der Waals surface area contributed by atoms with E-state index in [0.717, 1.165) is 6.54 Å². The highest BCUT2D eigenvalue weighted by molar-refractivity contribution is 5.85. The summed E-state index contributed by atoms with van der Waals surface area (Å²) >= 11 is 0. The van der Waals surface area contributed by atoms with Crippen molar-refractivity contribution in [3.8, 4) is 0 Å². The Morgan fingerprint density at radius 1 is 1.70 bits per heavy atom. The van der Waals surface area contributed by atoms with Crippen molar-refractivity contribution in [2.45, 2.75) is 13.5 Å². The quantitative estimate of drug-likeness (QED) is 0.690. The largest absolute Gasteiger partial charge is 0.329 e. The first kappa shape index (κ1) is 9.46. The van der Waals surface area contributed by atoms with Crippen LogP contribution in [0.4, 0.5) is 0 Å². The van der Waals surface area contributed by atoms with Crippen molar-refractivity contribution in [1.82, 2.24) is 9.78 Å². The lowest BCUT2D eigenvalue weighted by atomic mass is 10.4. The summed E-state index contributed by atoms with van der Waals surface area (Å²) in [6.45, 7) is 3.48. The lowest BCUT2D eigenvalue weighted by molar-refractivity contribution is 0.625. The minimum atomic E-state index is 0. The predicted octanol–water partition coefficient (Wildman–Crippen LogP) is 0.572. The third kappa shape index (κ3) is 2.37. The number of hydrogen-bond acceptors (Lipinski definition) is 2. The third-order valence-corrected chi connectivity index (χ3v) is 1.12. The molecular weight excluding hydrogens is 150 g/mol. The molecule has 2 N–H and O–H groups in total. The van der Waals surface area contributed by atoms with Gasteiger partial charge in [-0.15, -0.1) is 12.4 Å². The maximum atomic E-state index is 5.31. The highest BCUT2D eigenvalue weighted by Gasteiger charge is 1.88. The van der Waals surface area contributed by atoms with E-state index in [2.05, 4.69) is 5.10 Å². The van der Waals surface area contributed by atoms with Crippen LogP contribution in [0, 0.1) is 6.92 Å². The number of nitrogens with two attached hydrogens (primary N) is 1. The van der Waals surface area contributed by atoms with Gasteiger partial charge in [-0.05, 0) is 12.5 Å². The van der Waals surface area contributed by atoms with Crippen LogP contribution in [0.15, 0.2) is 12.4 Å². The summed E-state index contributed by atoms with van der Waals surface area (Å²) in [5, 5.41) is 4.04. The molecule has 0 atom stereocenters. The molecule has 0 spiro atoms. The fourth-order valence-electron chi connectivity index (χ4n) is 0.722. The Balaban J connectivity index is 0.000000810. The van der Waals surface area contributed by atoms with Crippen LogP contribution in [0.5, 0.6) is 0 Å². The second-order valence-electron chi connectivity index (χ2n) is 2.07. The molecule has 0 saturated carbocycles. The van der Waals surface area contributed by atoms with Crippen molar-refractivity contribution in [3.05, 3.63) is 18.0 Å². The van der Waals surface area contributed by atoms with E-state index in [1.54, 1.807) is 0 Å². The zero-order chi connectivity index (χ0) is 6.69. The number of nitrogens with zero attached hydrogens (tertiary/aromatic N) is 2. The van der Waals surface area contributed by atoms with Crippen LogP contribution >= 0.6 is 12.4 Å². The Bertz CT molecular complexity index is 185. The van der Waals surface area contributed by atoms with Crippen LogP contribution in [-0.2, 0) is 6.54 Å². The van der Waals surface area contributed by atoms with Crippen molar-refractivity contribution < 1.29 is 0 Å². The van der Waals surface area contributed by atoms with Crippen molar-refractivity contribution >= 4 is 12.4 Å². The molecule has 0 unspecified atom stereocenters. The molecule has 0 aliphatic heterocycles. The molecule has 0 bridgehead atoms. The van der Waals surface area contributed by atoms with Gasteiger partial charge in [0.25, 0.3) is 0 Å². The van der Waals surface area contributed by atoms with Gasteiger partial charge in [0.2, 0.25) is 0 Å². The molecule has 4 heteroatoms. The molecule has 1 rings (SSSR count). The van der Waals surface area contributed by atoms with E-state index in [4.69, 9.17) is 5.73 Å². The summed E-state index contributed by atoms with van der Waals surface area (Å²) in [6.07, 6.45) is 3.81. The molecule has 0 fully saturated rings. The number of aryl methyl sites for hydroxylation is 1. The van der Waals surface area contributed by atoms with Gasteiger partial charge in [0.1, 0.15) is 0 Å². The van der Waals surface area contributed by atoms with Crippen molar-refractivity contribution in [3.63, 3.8) is 0 Å². The monoisotopic (exact) mass is 161 g/mol. The van der Waals surface area contributed by atoms with Crippen molar-refractivity contribution in [2.75, 3.05) is 6.54 Å². The molecule has 0 aromatic carbocycles. The zero-order valence-corrected chi connectivity index (χ0v) is 6.77. The molecule has 0 saturated heterocycles. The lowest BCUT2D eigenvalue weighted by Gasteiger charge is -1.93. The predicted molar refractivity (Wildman–Crippen MR) is 43.3 cm³/mol. The molecule has 1 aromatic heterocycles. The van der Waals surface area contributed by atoms with Crippen LogP contribution in [0.2, 0.25) is 0 Å². The molecule has 58 valence electrons. The minimum Gasteiger partial charge on any atom is -0.329 e. The van der Waals surface area contributed by atoms with E-state index < -0.39 is 0 Å². The zero-order valence-electron chi connectivity index (χ0n) is 5.95. The molecular formula is C6H12ClN3. The second kappa shape index (κ2) is 4.30. The van der Waals surface area contributed by atoms with Crippen LogP contribution in [0.25, 0.3) is 0 Å². The molecule has 1 heterocycles. The van der Waals surface area contributed by atoms with E-state index in [9.17, 15) is 0 Å². The summed E-state index contributed by atoms with van der Waals surface area (Å²) < 4.78 is 1.84. The van der Waals surface area contributed by atoms with Gasteiger partial charge in [-0.3, -0.25) is 4.68 Å². The fraction of sp³-hybridized carbons (Fsp3) is 0.500. The maximum absolute atomic E-state index is 5.31. The molecule has 0 aliphatic carbocycles. The van der Waals surface area contributed by atoms with Gasteiger partial charge < -0.3 is 5.73 Å². The highest BCUT2D eigenvalue weighted by atomic mass is 35.5. The Hall–Kier alpha value is -0.540. The van der Waals surface area contributed by atoms with Crippen molar-refractivity contribution in [1.29, 1.82) is 0 Å². The van der Waals surface area contributed by atoms with Gasteiger partial charge in [-0.1, -0.05) is 0 Å². The van der Waals surface area contributed by atoms with E-state index >= 15 is 0 Å². The average Bonchev–Trinajstić information content (AvgIpc) is 2.17. The van der Waals surface area contributed by atoms with Gasteiger partial charge in [0, 0.05) is 12.7 Å². The third-order valence-electron chi connectivity index (χ3n) is 1.12. The Kier molecular flexibility index (Phi) is 4.07. The molecule has 0 aliphatic rings. The smallest absolute Gasteiger partial charge is 0.0531 e. The normalized spacial score (nSPS) is 9.00. The Morgan fingerprint density at radius 2 is 2.40 bits per heavy atom. The van der Waals surface area contributed by atoms with Gasteiger partial charge in [-0.2, -0.15) is 5.10 Å². The van der Waals surface area contributed by atoms with Crippen molar-refractivity contribution in [2.24, 2.45) is 5.73 Å². The molecule has 1 aromatic rings. The van der Waals surface area contributed by atoms with Crippen LogP contribution in [0.3, 0.4) is 0 Å². The molecule has 3 nitrogen and oxygen atoms in total. The van der Waals surface area contributed by atoms with Gasteiger partial charge >= 0.3 is 0 Å². The molecule has 0 amide bonds. The fourth-order valence-corrected chi connectivity index (χ4v) is 0.722. The van der Waals surface area contributed by atoms with E-state index in [1.165, 1.54) is 5.56 Å². The van der Waals surface area contributed by atoms with Gasteiger partial charge in [0.15, 0.2) is 0 Å². The highest BCUT2D eigenvalue weighted by Crippen LogP contribution is 1.91. The van der Waals surface area contributed by atoms with Crippen LogP contribution < -0.4 is 5.73 Å². The Morgan fingerprint density at radius 3 is 2.80 bits per heavy atom. The van der Waals surface area contributed by atoms with E-state index in [0.29, 0.717) is 6.54 Å². The first-order valence-corrected chi connectivity index (χ1v) is 3.02. The van der Waals surface area contributed by atoms with E-state index in [-0.39, 0.29) is 12.4 Å². The Labute approximate surface area is 66.6 Å². The minimum absolute atomic E-state index is 0. The average molecular weight is 162 g/mol. The van der Waals surface area contributed by atoms with Crippen LogP contribution in [-0.4, -0.2) is 16.3 Å². The first-order chi connectivity index (χ1) is 4.33. The van der Waals surface area contributed by atoms with Gasteiger partial charge in [0.05, 0.1) is 12.7 Å². The standard InChI is InChI=1S/C6H11N3.ClH/c1-6-4-8-9(5-6)3-2-7;/h4-5H,2-3,7H2,1H3;1H. The summed E-state index contributed by atoms with van der Waals surface area (Å²) in [6, 6.07) is 0. The number of hydrogen-bond donors (Lipinski definition) is 1. The number of halogens is 1. The number of aromatic nitrogens is 2. The number of rotatable bonds is 2. The molecule has 0 radical (unpaired) electrons. The van der Waals surface area contributed by atoms with Crippen LogP contribution in [0.1, 0.15) is 5.56 Å². The molecule has 10 heavy (non-hydrogen) atoms. The topological polar surface area (TPSA) is 43.8 Å².